The van der Waals surface area contributed by atoms with Gasteiger partial charge in [-0.05, 0) is 43.2 Å². The molecule has 2 atom stereocenters. The molecule has 2 aromatic carbocycles. The molecule has 0 N–H and O–H groups in total. The Kier molecular flexibility index (Phi) is 5.83. The van der Waals surface area contributed by atoms with Crippen molar-refractivity contribution in [3.8, 4) is 0 Å². The normalized spacial score (nSPS) is 22.8. The highest BCUT2D eigenvalue weighted by atomic mass is 16.5. The van der Waals surface area contributed by atoms with Crippen LogP contribution in [-0.2, 0) is 17.7 Å². The van der Waals surface area contributed by atoms with E-state index in [0.29, 0.717) is 12.1 Å². The molecule has 2 heterocycles. The molecule has 0 aromatic heterocycles. The summed E-state index contributed by atoms with van der Waals surface area (Å²) in [5.41, 5.74) is 4.52. The van der Waals surface area contributed by atoms with E-state index in [9.17, 15) is 0 Å². The van der Waals surface area contributed by atoms with Crippen molar-refractivity contribution < 1.29 is 4.74 Å². The Hall–Kier alpha value is -1.90. The lowest BCUT2D eigenvalue weighted by Gasteiger charge is -2.45. The van der Waals surface area contributed by atoms with E-state index in [4.69, 9.17) is 4.74 Å². The quantitative estimate of drug-likeness (QED) is 0.516. The third kappa shape index (κ3) is 4.44. The van der Waals surface area contributed by atoms with Crippen LogP contribution in [0.25, 0.3) is 0 Å². The molecule has 0 aliphatic carbocycles. The average Bonchev–Trinajstić information content (AvgIpc) is 2.67. The second kappa shape index (κ2) is 8.66. The fraction of sp³-hybridized carbons (Fsp3) is 0.417. The van der Waals surface area contributed by atoms with Gasteiger partial charge in [0.1, 0.15) is 0 Å². The predicted octanol–water partition coefficient (Wildman–Crippen LogP) is 5.00. The lowest BCUT2D eigenvalue weighted by Crippen LogP contribution is -2.53. The van der Waals surface area contributed by atoms with Crippen LogP contribution in [0, 0.1) is 0 Å². The highest BCUT2D eigenvalue weighted by Gasteiger charge is 2.34. The Balaban J connectivity index is 1.31. The van der Waals surface area contributed by atoms with Gasteiger partial charge < -0.3 is 4.74 Å². The molecule has 0 radical (unpaired) electrons. The number of hydrogen-bond donors (Lipinski definition) is 0. The minimum absolute atomic E-state index is 0.451. The summed E-state index contributed by atoms with van der Waals surface area (Å²) in [6.07, 6.45) is 8.69. The van der Waals surface area contributed by atoms with Crippen LogP contribution in [0.3, 0.4) is 0 Å². The lowest BCUT2D eigenvalue weighted by molar-refractivity contribution is -0.0442. The van der Waals surface area contributed by atoms with Crippen molar-refractivity contribution in [2.45, 2.75) is 50.7 Å². The van der Waals surface area contributed by atoms with Gasteiger partial charge >= 0.3 is 0 Å². The molecular weight excluding hydrogens is 318 g/mol. The molecule has 1 fully saturated rings. The van der Waals surface area contributed by atoms with Crippen molar-refractivity contribution >= 4 is 0 Å². The van der Waals surface area contributed by atoms with E-state index in [1.165, 1.54) is 43.2 Å². The number of fused-ring (bicyclic) bond motifs is 2. The lowest BCUT2D eigenvalue weighted by atomic mass is 9.90. The number of benzene rings is 2. The van der Waals surface area contributed by atoms with Crippen LogP contribution in [0.2, 0.25) is 0 Å². The van der Waals surface area contributed by atoms with Crippen LogP contribution in [-0.4, -0.2) is 30.2 Å². The summed E-state index contributed by atoms with van der Waals surface area (Å²) < 4.78 is 5.85. The highest BCUT2D eigenvalue weighted by molar-refractivity contribution is 5.20. The molecule has 4 rings (SSSR count). The average molecular weight is 348 g/mol. The standard InChI is InChI=1S/C24H29NO/c1-3-9-20(10-4-1)11-7-8-14-22-15-23-18-26-19-24(16-22)25(23)17-21-12-5-2-6-13-21/h1-6,9-10,12-13,15,23-24H,7-8,11,14,16-19H2. The van der Waals surface area contributed by atoms with Crippen LogP contribution in [0.15, 0.2) is 72.3 Å². The molecule has 2 unspecified atom stereocenters. The highest BCUT2D eigenvalue weighted by Crippen LogP contribution is 2.31. The smallest absolute Gasteiger partial charge is 0.0658 e. The Morgan fingerprint density at radius 1 is 0.808 bits per heavy atom. The number of ether oxygens (including phenoxy) is 1. The SMILES string of the molecule is C1=C(CCCCc2ccccc2)CC2COCC1N2Cc1ccccc1. The third-order valence-electron chi connectivity index (χ3n) is 5.68. The summed E-state index contributed by atoms with van der Waals surface area (Å²) in [6.45, 7) is 2.76. The molecule has 0 saturated carbocycles. The first-order valence-electron chi connectivity index (χ1n) is 9.99. The first-order chi connectivity index (χ1) is 12.9. The van der Waals surface area contributed by atoms with Gasteiger partial charge in [0.15, 0.2) is 0 Å². The van der Waals surface area contributed by atoms with E-state index in [1.807, 2.05) is 0 Å². The van der Waals surface area contributed by atoms with Crippen LogP contribution in [0.4, 0.5) is 0 Å². The number of rotatable bonds is 7. The van der Waals surface area contributed by atoms with Crippen molar-refractivity contribution in [2.24, 2.45) is 0 Å². The summed E-state index contributed by atoms with van der Waals surface area (Å²) in [7, 11) is 0. The van der Waals surface area contributed by atoms with Crippen molar-refractivity contribution in [1.29, 1.82) is 0 Å². The molecule has 2 aliphatic heterocycles. The second-order valence-electron chi connectivity index (χ2n) is 7.64. The number of aryl methyl sites for hydroxylation is 1. The molecule has 1 saturated heterocycles. The maximum absolute atomic E-state index is 5.85. The van der Waals surface area contributed by atoms with Gasteiger partial charge in [-0.1, -0.05) is 72.3 Å². The monoisotopic (exact) mass is 347 g/mol. The zero-order valence-corrected chi connectivity index (χ0v) is 15.5. The molecule has 0 amide bonds. The first kappa shape index (κ1) is 17.5. The van der Waals surface area contributed by atoms with Crippen molar-refractivity contribution in [3.63, 3.8) is 0 Å². The van der Waals surface area contributed by atoms with E-state index in [2.05, 4.69) is 71.6 Å². The fourth-order valence-corrected chi connectivity index (χ4v) is 4.30. The Labute approximate surface area is 157 Å². The zero-order valence-electron chi connectivity index (χ0n) is 15.5. The summed E-state index contributed by atoms with van der Waals surface area (Å²) in [5, 5.41) is 0. The Morgan fingerprint density at radius 3 is 2.23 bits per heavy atom. The van der Waals surface area contributed by atoms with Gasteiger partial charge in [-0.25, -0.2) is 0 Å². The fourth-order valence-electron chi connectivity index (χ4n) is 4.30. The van der Waals surface area contributed by atoms with E-state index < -0.39 is 0 Å². The number of morpholine rings is 1. The minimum atomic E-state index is 0.451. The Morgan fingerprint density at radius 2 is 1.50 bits per heavy atom. The molecule has 136 valence electrons. The number of hydrogen-bond acceptors (Lipinski definition) is 2. The summed E-state index contributed by atoms with van der Waals surface area (Å²) in [5.74, 6) is 0. The molecule has 2 heteroatoms. The van der Waals surface area contributed by atoms with Gasteiger partial charge in [-0.3, -0.25) is 4.90 Å². The summed E-state index contributed by atoms with van der Waals surface area (Å²) in [4.78, 5) is 2.65. The molecule has 2 aromatic rings. The van der Waals surface area contributed by atoms with Crippen molar-refractivity contribution in [2.75, 3.05) is 13.2 Å². The third-order valence-corrected chi connectivity index (χ3v) is 5.68. The maximum atomic E-state index is 5.85. The molecule has 0 spiro atoms. The zero-order chi connectivity index (χ0) is 17.6. The largest absolute Gasteiger partial charge is 0.378 e. The van der Waals surface area contributed by atoms with Gasteiger partial charge in [-0.15, -0.1) is 0 Å². The van der Waals surface area contributed by atoms with Gasteiger partial charge in [0.25, 0.3) is 0 Å². The van der Waals surface area contributed by atoms with E-state index in [0.717, 1.165) is 19.8 Å². The van der Waals surface area contributed by atoms with E-state index in [1.54, 1.807) is 5.57 Å². The van der Waals surface area contributed by atoms with E-state index >= 15 is 0 Å². The predicted molar refractivity (Wildman–Crippen MR) is 107 cm³/mol. The summed E-state index contributed by atoms with van der Waals surface area (Å²) >= 11 is 0. The number of unbranched alkanes of at least 4 members (excludes halogenated alkanes) is 1. The maximum Gasteiger partial charge on any atom is 0.0658 e. The van der Waals surface area contributed by atoms with Gasteiger partial charge in [0.05, 0.1) is 19.3 Å². The van der Waals surface area contributed by atoms with Crippen LogP contribution in [0.1, 0.15) is 36.8 Å². The van der Waals surface area contributed by atoms with Crippen molar-refractivity contribution in [3.05, 3.63) is 83.4 Å². The first-order valence-corrected chi connectivity index (χ1v) is 9.99. The molecular formula is C24H29NO. The van der Waals surface area contributed by atoms with Crippen LogP contribution in [0.5, 0.6) is 0 Å². The van der Waals surface area contributed by atoms with Crippen molar-refractivity contribution in [1.82, 2.24) is 4.90 Å². The minimum Gasteiger partial charge on any atom is -0.378 e. The van der Waals surface area contributed by atoms with Crippen LogP contribution >= 0.6 is 0 Å². The van der Waals surface area contributed by atoms with Crippen LogP contribution < -0.4 is 0 Å². The Bertz CT molecular complexity index is 710. The van der Waals surface area contributed by atoms with Gasteiger partial charge in [0, 0.05) is 12.6 Å². The molecule has 2 bridgehead atoms. The second-order valence-corrected chi connectivity index (χ2v) is 7.64. The van der Waals surface area contributed by atoms with Gasteiger partial charge in [0.2, 0.25) is 0 Å². The van der Waals surface area contributed by atoms with Gasteiger partial charge in [-0.2, -0.15) is 0 Å². The van der Waals surface area contributed by atoms with E-state index in [-0.39, 0.29) is 0 Å². The topological polar surface area (TPSA) is 12.5 Å². The number of nitrogens with zero attached hydrogens (tertiary/aromatic N) is 1. The summed E-state index contributed by atoms with van der Waals surface area (Å²) in [6, 6.07) is 22.7. The molecule has 26 heavy (non-hydrogen) atoms. The molecule has 2 aliphatic rings. The molecule has 2 nitrogen and oxygen atoms in total.